The summed E-state index contributed by atoms with van der Waals surface area (Å²) in [6.45, 7) is 0.801. The zero-order chi connectivity index (χ0) is 16.2. The molecule has 22 heavy (non-hydrogen) atoms. The minimum atomic E-state index is -3.06. The van der Waals surface area contributed by atoms with Crippen LogP contribution in [0.25, 0.3) is 0 Å². The second-order valence-electron chi connectivity index (χ2n) is 5.12. The van der Waals surface area contributed by atoms with Gasteiger partial charge in [-0.05, 0) is 18.6 Å². The molecule has 2 rings (SSSR count). The van der Waals surface area contributed by atoms with Gasteiger partial charge in [-0.2, -0.15) is 0 Å². The molecule has 2 N–H and O–H groups in total. The molecule has 9 heteroatoms. The molecule has 0 bridgehead atoms. The molecular weight excluding hydrogens is 310 g/mol. The van der Waals surface area contributed by atoms with Crippen molar-refractivity contribution < 1.29 is 18.1 Å². The Balaban J connectivity index is 1.71. The van der Waals surface area contributed by atoms with Gasteiger partial charge >= 0.3 is 0 Å². The molecule has 1 heterocycles. The SMILES string of the molecule is O=C(NCCNc1ccc([N+](=O)[O-])cc1)[C@H]1CCS(=O)(=O)C1. The van der Waals surface area contributed by atoms with Crippen molar-refractivity contribution in [2.45, 2.75) is 6.42 Å². The third-order valence-electron chi connectivity index (χ3n) is 3.43. The van der Waals surface area contributed by atoms with Crippen LogP contribution in [0.15, 0.2) is 24.3 Å². The Labute approximate surface area is 128 Å². The summed E-state index contributed by atoms with van der Waals surface area (Å²) in [5, 5.41) is 16.2. The van der Waals surface area contributed by atoms with Crippen molar-refractivity contribution in [2.24, 2.45) is 5.92 Å². The number of nitro benzene ring substituents is 1. The Morgan fingerprint density at radius 3 is 2.50 bits per heavy atom. The third kappa shape index (κ3) is 4.42. The maximum Gasteiger partial charge on any atom is 0.269 e. The number of rotatable bonds is 6. The zero-order valence-electron chi connectivity index (χ0n) is 11.8. The van der Waals surface area contributed by atoms with Crippen molar-refractivity contribution in [3.8, 4) is 0 Å². The lowest BCUT2D eigenvalue weighted by Gasteiger charge is -2.10. The Morgan fingerprint density at radius 1 is 1.27 bits per heavy atom. The first-order valence-corrected chi connectivity index (χ1v) is 8.66. The molecule has 1 aliphatic heterocycles. The Bertz CT molecular complexity index is 657. The van der Waals surface area contributed by atoms with E-state index in [1.165, 1.54) is 12.1 Å². The first-order chi connectivity index (χ1) is 10.4. The van der Waals surface area contributed by atoms with Crippen LogP contribution >= 0.6 is 0 Å². The monoisotopic (exact) mass is 327 g/mol. The summed E-state index contributed by atoms with van der Waals surface area (Å²) in [5.74, 6) is -0.697. The molecular formula is C13H17N3O5S. The number of non-ortho nitro benzene ring substituents is 1. The fraction of sp³-hybridized carbons (Fsp3) is 0.462. The topological polar surface area (TPSA) is 118 Å². The highest BCUT2D eigenvalue weighted by Crippen LogP contribution is 2.18. The van der Waals surface area contributed by atoms with Gasteiger partial charge in [0.2, 0.25) is 5.91 Å². The summed E-state index contributed by atoms with van der Waals surface area (Å²) >= 11 is 0. The summed E-state index contributed by atoms with van der Waals surface area (Å²) < 4.78 is 22.6. The van der Waals surface area contributed by atoms with E-state index in [0.29, 0.717) is 25.2 Å². The van der Waals surface area contributed by atoms with E-state index < -0.39 is 20.7 Å². The van der Waals surface area contributed by atoms with Crippen molar-refractivity contribution in [1.29, 1.82) is 0 Å². The molecule has 1 aliphatic rings. The van der Waals surface area contributed by atoms with E-state index in [9.17, 15) is 23.3 Å². The smallest absolute Gasteiger partial charge is 0.269 e. The fourth-order valence-corrected chi connectivity index (χ4v) is 3.98. The van der Waals surface area contributed by atoms with Crippen LogP contribution in [-0.4, -0.2) is 43.8 Å². The van der Waals surface area contributed by atoms with Crippen LogP contribution in [0.2, 0.25) is 0 Å². The maximum atomic E-state index is 11.8. The number of nitrogens with one attached hydrogen (secondary N) is 2. The number of nitrogens with zero attached hydrogens (tertiary/aromatic N) is 1. The normalized spacial score (nSPS) is 19.5. The Morgan fingerprint density at radius 2 is 1.95 bits per heavy atom. The van der Waals surface area contributed by atoms with Crippen molar-refractivity contribution in [3.05, 3.63) is 34.4 Å². The van der Waals surface area contributed by atoms with E-state index >= 15 is 0 Å². The number of carbonyl (C=O) groups is 1. The molecule has 0 spiro atoms. The molecule has 0 unspecified atom stereocenters. The van der Waals surface area contributed by atoms with Crippen molar-refractivity contribution >= 4 is 27.1 Å². The van der Waals surface area contributed by atoms with Crippen LogP contribution in [0.3, 0.4) is 0 Å². The molecule has 1 aromatic rings. The van der Waals surface area contributed by atoms with Gasteiger partial charge in [0.1, 0.15) is 0 Å². The summed E-state index contributed by atoms with van der Waals surface area (Å²) in [6, 6.07) is 5.96. The van der Waals surface area contributed by atoms with Crippen LogP contribution in [0, 0.1) is 16.0 Å². The summed E-state index contributed by atoms with van der Waals surface area (Å²) in [6.07, 6.45) is 0.379. The summed E-state index contributed by atoms with van der Waals surface area (Å²) in [7, 11) is -3.06. The minimum Gasteiger partial charge on any atom is -0.383 e. The average Bonchev–Trinajstić information content (AvgIpc) is 2.84. The number of amides is 1. The second kappa shape index (κ2) is 6.73. The first-order valence-electron chi connectivity index (χ1n) is 6.84. The number of hydrogen-bond acceptors (Lipinski definition) is 6. The predicted octanol–water partition coefficient (Wildman–Crippen LogP) is 0.558. The first kappa shape index (κ1) is 16.2. The van der Waals surface area contributed by atoms with Crippen molar-refractivity contribution in [3.63, 3.8) is 0 Å². The quantitative estimate of drug-likeness (QED) is 0.448. The van der Waals surface area contributed by atoms with E-state index in [1.807, 2.05) is 0 Å². The highest BCUT2D eigenvalue weighted by Gasteiger charge is 2.32. The zero-order valence-corrected chi connectivity index (χ0v) is 12.6. The molecule has 8 nitrogen and oxygen atoms in total. The van der Waals surface area contributed by atoms with Crippen LogP contribution in [0.4, 0.5) is 11.4 Å². The molecule has 0 saturated carbocycles. The molecule has 1 aromatic carbocycles. The van der Waals surface area contributed by atoms with Gasteiger partial charge in [0.15, 0.2) is 9.84 Å². The molecule has 1 amide bonds. The number of hydrogen-bond donors (Lipinski definition) is 2. The van der Waals surface area contributed by atoms with E-state index in [4.69, 9.17) is 0 Å². The van der Waals surface area contributed by atoms with E-state index in [0.717, 1.165) is 0 Å². The van der Waals surface area contributed by atoms with Gasteiger partial charge in [-0.25, -0.2) is 8.42 Å². The number of anilines is 1. The van der Waals surface area contributed by atoms with Crippen LogP contribution in [0.5, 0.6) is 0 Å². The lowest BCUT2D eigenvalue weighted by molar-refractivity contribution is -0.384. The van der Waals surface area contributed by atoms with Gasteiger partial charge in [-0.1, -0.05) is 0 Å². The molecule has 1 fully saturated rings. The molecule has 120 valence electrons. The van der Waals surface area contributed by atoms with Crippen molar-refractivity contribution in [1.82, 2.24) is 5.32 Å². The van der Waals surface area contributed by atoms with Gasteiger partial charge in [0, 0.05) is 30.9 Å². The van der Waals surface area contributed by atoms with Crippen LogP contribution in [0.1, 0.15) is 6.42 Å². The van der Waals surface area contributed by atoms with E-state index in [2.05, 4.69) is 10.6 Å². The van der Waals surface area contributed by atoms with E-state index in [1.54, 1.807) is 12.1 Å². The molecule has 1 saturated heterocycles. The summed E-state index contributed by atoms with van der Waals surface area (Å²) in [4.78, 5) is 21.8. The molecule has 0 aliphatic carbocycles. The van der Waals surface area contributed by atoms with Gasteiger partial charge in [-0.15, -0.1) is 0 Å². The number of nitro groups is 1. The van der Waals surface area contributed by atoms with E-state index in [-0.39, 0.29) is 23.1 Å². The van der Waals surface area contributed by atoms with Gasteiger partial charge in [0.05, 0.1) is 22.3 Å². The third-order valence-corrected chi connectivity index (χ3v) is 5.20. The molecule has 0 aromatic heterocycles. The Kier molecular flexibility index (Phi) is 4.96. The van der Waals surface area contributed by atoms with Gasteiger partial charge in [-0.3, -0.25) is 14.9 Å². The molecule has 0 radical (unpaired) electrons. The maximum absolute atomic E-state index is 11.8. The Hall–Kier alpha value is -2.16. The van der Waals surface area contributed by atoms with Crippen LogP contribution in [-0.2, 0) is 14.6 Å². The highest BCUT2D eigenvalue weighted by atomic mass is 32.2. The standard InChI is InChI=1S/C13H17N3O5S/c17-13(10-5-8-22(20,21)9-10)15-7-6-14-11-1-3-12(4-2-11)16(18)19/h1-4,10,14H,5-9H2,(H,15,17)/t10-/m0/s1. The lowest BCUT2D eigenvalue weighted by Crippen LogP contribution is -2.34. The number of sulfone groups is 1. The predicted molar refractivity (Wildman–Crippen MR) is 81.4 cm³/mol. The van der Waals surface area contributed by atoms with Gasteiger partial charge < -0.3 is 10.6 Å². The second-order valence-corrected chi connectivity index (χ2v) is 7.35. The number of benzene rings is 1. The van der Waals surface area contributed by atoms with Crippen LogP contribution < -0.4 is 10.6 Å². The van der Waals surface area contributed by atoms with Gasteiger partial charge in [0.25, 0.3) is 5.69 Å². The summed E-state index contributed by atoms with van der Waals surface area (Å²) in [5.41, 5.74) is 0.726. The minimum absolute atomic E-state index is 0.0151. The molecule has 1 atom stereocenters. The average molecular weight is 327 g/mol. The fourth-order valence-electron chi connectivity index (χ4n) is 2.24. The largest absolute Gasteiger partial charge is 0.383 e. The lowest BCUT2D eigenvalue weighted by atomic mass is 10.1. The van der Waals surface area contributed by atoms with Crippen molar-refractivity contribution in [2.75, 3.05) is 29.9 Å². The number of carbonyl (C=O) groups excluding carboxylic acids is 1. The highest BCUT2D eigenvalue weighted by molar-refractivity contribution is 7.91.